The van der Waals surface area contributed by atoms with Crippen molar-refractivity contribution in [3.05, 3.63) is 29.7 Å². The number of fused-ring (bicyclic) bond motifs is 1. The summed E-state index contributed by atoms with van der Waals surface area (Å²) >= 11 is 0. The summed E-state index contributed by atoms with van der Waals surface area (Å²) in [6, 6.07) is 5.98. The minimum absolute atomic E-state index is 0.0550. The Morgan fingerprint density at radius 1 is 1.44 bits per heavy atom. The van der Waals surface area contributed by atoms with Crippen molar-refractivity contribution in [3.8, 4) is 0 Å². The zero-order valence-electron chi connectivity index (χ0n) is 9.19. The SMILES string of the molecule is Cc1cccc2nc(C3CNCCO3)oc12. The topological polar surface area (TPSA) is 47.3 Å². The number of benzene rings is 1. The van der Waals surface area contributed by atoms with Crippen LogP contribution in [0.2, 0.25) is 0 Å². The van der Waals surface area contributed by atoms with Crippen LogP contribution in [0.5, 0.6) is 0 Å². The van der Waals surface area contributed by atoms with Gasteiger partial charge in [-0.25, -0.2) is 4.98 Å². The van der Waals surface area contributed by atoms with Gasteiger partial charge in [0.15, 0.2) is 5.58 Å². The summed E-state index contributed by atoms with van der Waals surface area (Å²) in [6.07, 6.45) is -0.0550. The van der Waals surface area contributed by atoms with Crippen LogP contribution in [0.3, 0.4) is 0 Å². The van der Waals surface area contributed by atoms with Crippen LogP contribution in [-0.2, 0) is 4.74 Å². The summed E-state index contributed by atoms with van der Waals surface area (Å²) in [5, 5.41) is 3.27. The molecule has 1 fully saturated rings. The molecule has 16 heavy (non-hydrogen) atoms. The molecule has 0 bridgehead atoms. The Bertz CT molecular complexity index is 501. The normalized spacial score (nSPS) is 21.4. The maximum absolute atomic E-state index is 5.76. The molecule has 1 aliphatic heterocycles. The molecule has 0 radical (unpaired) electrons. The lowest BCUT2D eigenvalue weighted by molar-refractivity contribution is 0.0118. The molecular formula is C12H14N2O2. The molecule has 0 aliphatic carbocycles. The van der Waals surface area contributed by atoms with Crippen molar-refractivity contribution in [1.82, 2.24) is 10.3 Å². The standard InChI is InChI=1S/C12H14N2O2/c1-8-3-2-4-9-11(8)16-12(14-9)10-7-13-5-6-15-10/h2-4,10,13H,5-7H2,1H3. The van der Waals surface area contributed by atoms with E-state index < -0.39 is 0 Å². The number of hydrogen-bond donors (Lipinski definition) is 1. The zero-order valence-corrected chi connectivity index (χ0v) is 9.19. The van der Waals surface area contributed by atoms with Crippen molar-refractivity contribution >= 4 is 11.1 Å². The number of aromatic nitrogens is 1. The third-order valence-electron chi connectivity index (χ3n) is 2.83. The fourth-order valence-electron chi connectivity index (χ4n) is 1.97. The Morgan fingerprint density at radius 2 is 2.38 bits per heavy atom. The predicted octanol–water partition coefficient (Wildman–Crippen LogP) is 1.80. The summed E-state index contributed by atoms with van der Waals surface area (Å²) in [6.45, 7) is 4.40. The lowest BCUT2D eigenvalue weighted by Crippen LogP contribution is -2.33. The molecule has 1 aromatic carbocycles. The molecule has 2 aromatic rings. The van der Waals surface area contributed by atoms with Crippen LogP contribution >= 0.6 is 0 Å². The van der Waals surface area contributed by atoms with E-state index in [9.17, 15) is 0 Å². The van der Waals surface area contributed by atoms with E-state index in [0.717, 1.165) is 29.8 Å². The number of aryl methyl sites for hydroxylation is 1. The highest BCUT2D eigenvalue weighted by Gasteiger charge is 2.21. The van der Waals surface area contributed by atoms with Crippen LogP contribution in [0.25, 0.3) is 11.1 Å². The number of hydrogen-bond acceptors (Lipinski definition) is 4. The molecule has 2 heterocycles. The second-order valence-corrected chi connectivity index (χ2v) is 4.04. The lowest BCUT2D eigenvalue weighted by Gasteiger charge is -2.20. The van der Waals surface area contributed by atoms with Gasteiger partial charge in [-0.3, -0.25) is 0 Å². The Hall–Kier alpha value is -1.39. The molecule has 1 N–H and O–H groups in total. The van der Waals surface area contributed by atoms with E-state index in [0.29, 0.717) is 12.5 Å². The van der Waals surface area contributed by atoms with E-state index in [2.05, 4.69) is 10.3 Å². The van der Waals surface area contributed by atoms with Gasteiger partial charge in [-0.1, -0.05) is 12.1 Å². The van der Waals surface area contributed by atoms with E-state index in [1.165, 1.54) is 0 Å². The molecule has 1 saturated heterocycles. The third kappa shape index (κ3) is 1.60. The summed E-state index contributed by atoms with van der Waals surface area (Å²) in [4.78, 5) is 4.47. The number of rotatable bonds is 1. The third-order valence-corrected chi connectivity index (χ3v) is 2.83. The van der Waals surface area contributed by atoms with Gasteiger partial charge in [-0.15, -0.1) is 0 Å². The molecule has 84 valence electrons. The van der Waals surface area contributed by atoms with Crippen LogP contribution in [0.15, 0.2) is 22.6 Å². The molecule has 1 unspecified atom stereocenters. The second kappa shape index (κ2) is 3.88. The van der Waals surface area contributed by atoms with E-state index >= 15 is 0 Å². The number of ether oxygens (including phenoxy) is 1. The summed E-state index contributed by atoms with van der Waals surface area (Å²) in [5.41, 5.74) is 2.89. The Morgan fingerprint density at radius 3 is 3.12 bits per heavy atom. The fraction of sp³-hybridized carbons (Fsp3) is 0.417. The van der Waals surface area contributed by atoms with Crippen molar-refractivity contribution in [2.45, 2.75) is 13.0 Å². The van der Waals surface area contributed by atoms with Gasteiger partial charge in [0.25, 0.3) is 0 Å². The smallest absolute Gasteiger partial charge is 0.225 e. The van der Waals surface area contributed by atoms with Gasteiger partial charge in [0.2, 0.25) is 5.89 Å². The van der Waals surface area contributed by atoms with Crippen molar-refractivity contribution in [2.24, 2.45) is 0 Å². The average Bonchev–Trinajstić information content (AvgIpc) is 2.76. The van der Waals surface area contributed by atoms with Crippen molar-refractivity contribution < 1.29 is 9.15 Å². The molecule has 4 nitrogen and oxygen atoms in total. The minimum atomic E-state index is -0.0550. The van der Waals surface area contributed by atoms with E-state index in [1.54, 1.807) is 0 Å². The predicted molar refractivity (Wildman–Crippen MR) is 60.3 cm³/mol. The van der Waals surface area contributed by atoms with Crippen molar-refractivity contribution in [3.63, 3.8) is 0 Å². The van der Waals surface area contributed by atoms with Crippen LogP contribution in [0.1, 0.15) is 17.6 Å². The molecule has 1 aromatic heterocycles. The van der Waals surface area contributed by atoms with Gasteiger partial charge in [0.05, 0.1) is 6.61 Å². The first kappa shape index (κ1) is 9.81. The average molecular weight is 218 g/mol. The van der Waals surface area contributed by atoms with Gasteiger partial charge in [-0.05, 0) is 18.6 Å². The fourth-order valence-corrected chi connectivity index (χ4v) is 1.97. The van der Waals surface area contributed by atoms with Crippen LogP contribution in [0, 0.1) is 6.92 Å². The van der Waals surface area contributed by atoms with Gasteiger partial charge < -0.3 is 14.5 Å². The quantitative estimate of drug-likeness (QED) is 0.792. The minimum Gasteiger partial charge on any atom is -0.437 e. The Labute approximate surface area is 93.6 Å². The van der Waals surface area contributed by atoms with Crippen LogP contribution in [-0.4, -0.2) is 24.7 Å². The first-order valence-electron chi connectivity index (χ1n) is 5.53. The maximum atomic E-state index is 5.76. The highest BCUT2D eigenvalue weighted by Crippen LogP contribution is 2.25. The highest BCUT2D eigenvalue weighted by atomic mass is 16.5. The molecule has 1 aliphatic rings. The summed E-state index contributed by atoms with van der Waals surface area (Å²) in [5.74, 6) is 0.677. The molecule has 3 rings (SSSR count). The second-order valence-electron chi connectivity index (χ2n) is 4.04. The van der Waals surface area contributed by atoms with E-state index in [-0.39, 0.29) is 6.10 Å². The van der Waals surface area contributed by atoms with Gasteiger partial charge in [0.1, 0.15) is 11.6 Å². The van der Waals surface area contributed by atoms with E-state index in [4.69, 9.17) is 9.15 Å². The van der Waals surface area contributed by atoms with Crippen LogP contribution < -0.4 is 5.32 Å². The molecular weight excluding hydrogens is 204 g/mol. The molecule has 0 saturated carbocycles. The monoisotopic (exact) mass is 218 g/mol. The first-order valence-corrected chi connectivity index (χ1v) is 5.53. The Kier molecular flexibility index (Phi) is 2.38. The molecule has 4 heteroatoms. The van der Waals surface area contributed by atoms with Crippen LogP contribution in [0.4, 0.5) is 0 Å². The maximum Gasteiger partial charge on any atom is 0.225 e. The van der Waals surface area contributed by atoms with E-state index in [1.807, 2.05) is 25.1 Å². The molecule has 1 atom stereocenters. The number of nitrogens with zero attached hydrogens (tertiary/aromatic N) is 1. The number of para-hydroxylation sites is 1. The van der Waals surface area contributed by atoms with Crippen molar-refractivity contribution in [2.75, 3.05) is 19.7 Å². The molecule has 0 amide bonds. The number of oxazole rings is 1. The zero-order chi connectivity index (χ0) is 11.0. The first-order chi connectivity index (χ1) is 7.84. The van der Waals surface area contributed by atoms with Gasteiger partial charge in [0, 0.05) is 13.1 Å². The summed E-state index contributed by atoms with van der Waals surface area (Å²) in [7, 11) is 0. The summed E-state index contributed by atoms with van der Waals surface area (Å²) < 4.78 is 11.4. The van der Waals surface area contributed by atoms with Gasteiger partial charge >= 0.3 is 0 Å². The highest BCUT2D eigenvalue weighted by molar-refractivity contribution is 5.76. The van der Waals surface area contributed by atoms with Crippen molar-refractivity contribution in [1.29, 1.82) is 0 Å². The Balaban J connectivity index is 2.01. The largest absolute Gasteiger partial charge is 0.437 e. The number of nitrogens with one attached hydrogen (secondary N) is 1. The lowest BCUT2D eigenvalue weighted by atomic mass is 10.2. The van der Waals surface area contributed by atoms with Gasteiger partial charge in [-0.2, -0.15) is 0 Å². The molecule has 0 spiro atoms. The number of morpholine rings is 1.